The molecule has 3 rings (SSSR count). The van der Waals surface area contributed by atoms with Crippen LogP contribution in [0.3, 0.4) is 0 Å². The number of carbonyl (C=O) groups is 1. The third kappa shape index (κ3) is 2.73. The van der Waals surface area contributed by atoms with E-state index in [9.17, 15) is 9.90 Å². The first kappa shape index (κ1) is 13.6. The number of nitrogens with one attached hydrogen (secondary N) is 2. The Kier molecular flexibility index (Phi) is 3.80. The molecule has 0 unspecified atom stereocenters. The fraction of sp³-hybridized carbons (Fsp3) is 0.462. The largest absolute Gasteiger partial charge is 0.388 e. The molecule has 0 aliphatic carbocycles. The van der Waals surface area contributed by atoms with E-state index < -0.39 is 6.10 Å². The third-order valence-electron chi connectivity index (χ3n) is 3.45. The van der Waals surface area contributed by atoms with Crippen LogP contribution in [0.4, 0.5) is 10.5 Å². The molecule has 108 valence electrons. The summed E-state index contributed by atoms with van der Waals surface area (Å²) >= 11 is 5.78. The van der Waals surface area contributed by atoms with Crippen molar-refractivity contribution in [2.75, 3.05) is 18.5 Å². The summed E-state index contributed by atoms with van der Waals surface area (Å²) < 4.78 is 10.9. The van der Waals surface area contributed by atoms with Crippen LogP contribution >= 0.6 is 11.6 Å². The van der Waals surface area contributed by atoms with E-state index in [-0.39, 0.29) is 30.9 Å². The number of rotatable bonds is 2. The smallest absolute Gasteiger partial charge is 0.319 e. The van der Waals surface area contributed by atoms with Gasteiger partial charge in [0, 0.05) is 10.7 Å². The highest BCUT2D eigenvalue weighted by molar-refractivity contribution is 6.30. The number of aliphatic hydroxyl groups is 1. The summed E-state index contributed by atoms with van der Waals surface area (Å²) in [6.07, 6.45) is -1.26. The van der Waals surface area contributed by atoms with Gasteiger partial charge in [-0.15, -0.1) is 0 Å². The van der Waals surface area contributed by atoms with Crippen molar-refractivity contribution in [1.29, 1.82) is 0 Å². The first-order chi connectivity index (χ1) is 9.63. The summed E-state index contributed by atoms with van der Waals surface area (Å²) in [5.41, 5.74) is 0.648. The highest BCUT2D eigenvalue weighted by Crippen LogP contribution is 2.27. The van der Waals surface area contributed by atoms with Gasteiger partial charge in [0.15, 0.2) is 0 Å². The Bertz CT molecular complexity index is 496. The average Bonchev–Trinajstić information content (AvgIpc) is 2.97. The monoisotopic (exact) mass is 298 g/mol. The Morgan fingerprint density at radius 3 is 2.65 bits per heavy atom. The van der Waals surface area contributed by atoms with Crippen LogP contribution in [0.5, 0.6) is 0 Å². The first-order valence-electron chi connectivity index (χ1n) is 6.38. The number of benzene rings is 1. The topological polar surface area (TPSA) is 79.8 Å². The minimum Gasteiger partial charge on any atom is -0.388 e. The number of hydrogen-bond donors (Lipinski definition) is 3. The minimum absolute atomic E-state index is 0.242. The molecule has 1 aromatic carbocycles. The number of carbonyl (C=O) groups excluding carboxylic acids is 1. The maximum Gasteiger partial charge on any atom is 0.319 e. The Balaban J connectivity index is 1.56. The summed E-state index contributed by atoms with van der Waals surface area (Å²) in [4.78, 5) is 11.9. The number of amides is 2. The third-order valence-corrected chi connectivity index (χ3v) is 3.70. The van der Waals surface area contributed by atoms with E-state index in [4.69, 9.17) is 21.1 Å². The van der Waals surface area contributed by atoms with Gasteiger partial charge in [-0.1, -0.05) is 11.6 Å². The van der Waals surface area contributed by atoms with Gasteiger partial charge in [-0.3, -0.25) is 0 Å². The molecular weight excluding hydrogens is 284 g/mol. The maximum atomic E-state index is 11.9. The van der Waals surface area contributed by atoms with Crippen molar-refractivity contribution < 1.29 is 19.4 Å². The standard InChI is InChI=1S/C13H15ClN2O4/c14-7-1-3-8(4-2-7)15-13(18)16-9-5-19-12-10(17)6-20-11(9)12/h1-4,9-12,17H,5-6H2,(H2,15,16,18)/t9-,10+,11+,12+/m0/s1. The zero-order chi connectivity index (χ0) is 14.1. The van der Waals surface area contributed by atoms with Crippen molar-refractivity contribution >= 4 is 23.3 Å². The van der Waals surface area contributed by atoms with Gasteiger partial charge in [-0.2, -0.15) is 0 Å². The molecule has 2 aliphatic heterocycles. The van der Waals surface area contributed by atoms with E-state index in [0.717, 1.165) is 0 Å². The number of fused-ring (bicyclic) bond motifs is 1. The van der Waals surface area contributed by atoms with E-state index in [1.807, 2.05) is 0 Å². The zero-order valence-electron chi connectivity index (χ0n) is 10.6. The number of aliphatic hydroxyl groups excluding tert-OH is 1. The Morgan fingerprint density at radius 1 is 1.20 bits per heavy atom. The fourth-order valence-corrected chi connectivity index (χ4v) is 2.60. The second-order valence-electron chi connectivity index (χ2n) is 4.88. The lowest BCUT2D eigenvalue weighted by atomic mass is 10.1. The Morgan fingerprint density at radius 2 is 1.90 bits per heavy atom. The van der Waals surface area contributed by atoms with Crippen molar-refractivity contribution in [3.8, 4) is 0 Å². The first-order valence-corrected chi connectivity index (χ1v) is 6.75. The molecular formula is C13H15ClN2O4. The van der Waals surface area contributed by atoms with E-state index in [1.54, 1.807) is 24.3 Å². The molecule has 0 saturated carbocycles. The quantitative estimate of drug-likeness (QED) is 0.761. The van der Waals surface area contributed by atoms with Crippen LogP contribution in [0.25, 0.3) is 0 Å². The molecule has 3 N–H and O–H groups in total. The predicted octanol–water partition coefficient (Wildman–Crippen LogP) is 0.989. The summed E-state index contributed by atoms with van der Waals surface area (Å²) in [5.74, 6) is 0. The summed E-state index contributed by atoms with van der Waals surface area (Å²) in [7, 11) is 0. The zero-order valence-corrected chi connectivity index (χ0v) is 11.3. The van der Waals surface area contributed by atoms with Crippen LogP contribution in [-0.4, -0.2) is 48.7 Å². The van der Waals surface area contributed by atoms with Gasteiger partial charge in [0.25, 0.3) is 0 Å². The molecule has 0 bridgehead atoms. The lowest BCUT2D eigenvalue weighted by molar-refractivity contribution is 0.0180. The minimum atomic E-state index is -0.619. The lowest BCUT2D eigenvalue weighted by Crippen LogP contribution is -2.46. The van der Waals surface area contributed by atoms with E-state index >= 15 is 0 Å². The number of hydrogen-bond acceptors (Lipinski definition) is 4. The number of urea groups is 1. The van der Waals surface area contributed by atoms with E-state index in [2.05, 4.69) is 10.6 Å². The SMILES string of the molecule is O=C(Nc1ccc(Cl)cc1)N[C@H]1CO[C@H]2[C@@H]1OC[C@H]2O. The molecule has 7 heteroatoms. The molecule has 2 fully saturated rings. The van der Waals surface area contributed by atoms with E-state index in [0.29, 0.717) is 17.3 Å². The molecule has 0 aromatic heterocycles. The van der Waals surface area contributed by atoms with E-state index in [1.165, 1.54) is 0 Å². The van der Waals surface area contributed by atoms with Crippen LogP contribution in [0.1, 0.15) is 0 Å². The van der Waals surface area contributed by atoms with Gasteiger partial charge in [0.05, 0.1) is 19.3 Å². The van der Waals surface area contributed by atoms with Crippen molar-refractivity contribution in [3.05, 3.63) is 29.3 Å². The van der Waals surface area contributed by atoms with Crippen molar-refractivity contribution in [1.82, 2.24) is 5.32 Å². The van der Waals surface area contributed by atoms with Gasteiger partial charge in [0.1, 0.15) is 18.3 Å². The summed E-state index contributed by atoms with van der Waals surface area (Å²) in [5, 5.41) is 15.7. The lowest BCUT2D eigenvalue weighted by Gasteiger charge is -2.17. The number of ether oxygens (including phenoxy) is 2. The second kappa shape index (κ2) is 5.57. The predicted molar refractivity (Wildman–Crippen MR) is 72.9 cm³/mol. The van der Waals surface area contributed by atoms with Crippen molar-refractivity contribution in [3.63, 3.8) is 0 Å². The Labute approximate surface area is 121 Å². The molecule has 0 radical (unpaired) electrons. The average molecular weight is 299 g/mol. The molecule has 4 atom stereocenters. The summed E-state index contributed by atoms with van der Waals surface area (Å²) in [6, 6.07) is 6.22. The van der Waals surface area contributed by atoms with Gasteiger partial charge in [0.2, 0.25) is 0 Å². The Hall–Kier alpha value is -1.34. The molecule has 2 aliphatic rings. The normalized spacial score (nSPS) is 31.9. The van der Waals surface area contributed by atoms with Crippen LogP contribution in [-0.2, 0) is 9.47 Å². The van der Waals surface area contributed by atoms with Gasteiger partial charge in [-0.05, 0) is 24.3 Å². The summed E-state index contributed by atoms with van der Waals surface area (Å²) in [6.45, 7) is 0.576. The van der Waals surface area contributed by atoms with Crippen LogP contribution in [0.15, 0.2) is 24.3 Å². The van der Waals surface area contributed by atoms with Gasteiger partial charge < -0.3 is 25.2 Å². The fourth-order valence-electron chi connectivity index (χ4n) is 2.47. The van der Waals surface area contributed by atoms with Crippen LogP contribution in [0.2, 0.25) is 5.02 Å². The molecule has 2 amide bonds. The molecule has 0 spiro atoms. The maximum absolute atomic E-state index is 11.9. The highest BCUT2D eigenvalue weighted by atomic mass is 35.5. The molecule has 2 saturated heterocycles. The highest BCUT2D eigenvalue weighted by Gasteiger charge is 2.47. The van der Waals surface area contributed by atoms with Crippen molar-refractivity contribution in [2.24, 2.45) is 0 Å². The van der Waals surface area contributed by atoms with Crippen LogP contribution < -0.4 is 10.6 Å². The molecule has 1 aromatic rings. The van der Waals surface area contributed by atoms with Gasteiger partial charge >= 0.3 is 6.03 Å². The van der Waals surface area contributed by atoms with Crippen molar-refractivity contribution in [2.45, 2.75) is 24.4 Å². The molecule has 20 heavy (non-hydrogen) atoms. The number of anilines is 1. The molecule has 2 heterocycles. The van der Waals surface area contributed by atoms with Gasteiger partial charge in [-0.25, -0.2) is 4.79 Å². The number of halogens is 1. The van der Waals surface area contributed by atoms with Crippen LogP contribution in [0, 0.1) is 0 Å². The second-order valence-corrected chi connectivity index (χ2v) is 5.31. The molecule has 6 nitrogen and oxygen atoms in total.